The van der Waals surface area contributed by atoms with Gasteiger partial charge in [-0.25, -0.2) is 9.97 Å². The number of methoxy groups -OCH3 is 1. The van der Waals surface area contributed by atoms with Gasteiger partial charge in [-0.3, -0.25) is 0 Å². The number of para-hydroxylation sites is 2. The minimum absolute atomic E-state index is 0.00209. The van der Waals surface area contributed by atoms with Crippen LogP contribution in [0.5, 0.6) is 11.5 Å². The van der Waals surface area contributed by atoms with Crippen molar-refractivity contribution < 1.29 is 9.84 Å². The summed E-state index contributed by atoms with van der Waals surface area (Å²) < 4.78 is 5.30. The SMILES string of the molecule is COc1ccccc1Nc1ncnc(-c2ccc(C)cc2)c1O. The maximum atomic E-state index is 10.5. The molecule has 1 heterocycles. The number of hydrogen-bond donors (Lipinski definition) is 2. The lowest BCUT2D eigenvalue weighted by Crippen LogP contribution is -1.99. The molecule has 3 aromatic rings. The third-order valence-corrected chi connectivity index (χ3v) is 3.51. The van der Waals surface area contributed by atoms with Crippen LogP contribution in [0.25, 0.3) is 11.3 Å². The summed E-state index contributed by atoms with van der Waals surface area (Å²) in [5, 5.41) is 13.6. The van der Waals surface area contributed by atoms with Gasteiger partial charge in [-0.1, -0.05) is 42.0 Å². The van der Waals surface area contributed by atoms with Crippen molar-refractivity contribution in [1.82, 2.24) is 9.97 Å². The summed E-state index contributed by atoms with van der Waals surface area (Å²) in [4.78, 5) is 8.32. The second-order valence-corrected chi connectivity index (χ2v) is 5.11. The van der Waals surface area contributed by atoms with Gasteiger partial charge in [-0.2, -0.15) is 0 Å². The van der Waals surface area contributed by atoms with Crippen LogP contribution >= 0.6 is 0 Å². The van der Waals surface area contributed by atoms with Gasteiger partial charge in [0.05, 0.1) is 12.8 Å². The topological polar surface area (TPSA) is 67.3 Å². The van der Waals surface area contributed by atoms with Crippen molar-refractivity contribution in [2.24, 2.45) is 0 Å². The molecule has 0 radical (unpaired) electrons. The van der Waals surface area contributed by atoms with Crippen molar-refractivity contribution >= 4 is 11.5 Å². The van der Waals surface area contributed by atoms with Gasteiger partial charge in [0.2, 0.25) is 0 Å². The summed E-state index contributed by atoms with van der Waals surface area (Å²) in [6, 6.07) is 15.2. The quantitative estimate of drug-likeness (QED) is 0.765. The average molecular weight is 307 g/mol. The van der Waals surface area contributed by atoms with Gasteiger partial charge < -0.3 is 15.2 Å². The molecule has 0 fully saturated rings. The smallest absolute Gasteiger partial charge is 0.185 e. The standard InChI is InChI=1S/C18H17N3O2/c1-12-7-9-13(10-8-12)16-17(22)18(20-11-19-16)21-14-5-3-4-6-15(14)23-2/h3-11,22H,1-2H3,(H,19,20,21). The molecule has 0 saturated heterocycles. The Balaban J connectivity index is 1.98. The number of aryl methyl sites for hydroxylation is 1. The predicted octanol–water partition coefficient (Wildman–Crippen LogP) is 3.91. The Labute approximate surface area is 134 Å². The first kappa shape index (κ1) is 14.8. The zero-order valence-corrected chi connectivity index (χ0v) is 12.9. The predicted molar refractivity (Wildman–Crippen MR) is 90.1 cm³/mol. The molecular formula is C18H17N3O2. The Morgan fingerprint density at radius 3 is 2.48 bits per heavy atom. The summed E-state index contributed by atoms with van der Waals surface area (Å²) >= 11 is 0. The molecule has 23 heavy (non-hydrogen) atoms. The number of ether oxygens (including phenoxy) is 1. The molecule has 0 spiro atoms. The van der Waals surface area contributed by atoms with E-state index in [0.29, 0.717) is 17.3 Å². The van der Waals surface area contributed by atoms with Crippen LogP contribution in [-0.2, 0) is 0 Å². The zero-order valence-electron chi connectivity index (χ0n) is 12.9. The number of nitrogens with zero attached hydrogens (tertiary/aromatic N) is 2. The molecule has 3 rings (SSSR count). The van der Waals surface area contributed by atoms with Crippen LogP contribution < -0.4 is 10.1 Å². The van der Waals surface area contributed by atoms with Crippen LogP contribution in [0.1, 0.15) is 5.56 Å². The first-order chi connectivity index (χ1) is 11.2. The Morgan fingerprint density at radius 2 is 1.74 bits per heavy atom. The lowest BCUT2D eigenvalue weighted by molar-refractivity contribution is 0.416. The fraction of sp³-hybridized carbons (Fsp3) is 0.111. The second-order valence-electron chi connectivity index (χ2n) is 5.11. The first-order valence-corrected chi connectivity index (χ1v) is 7.20. The van der Waals surface area contributed by atoms with Crippen LogP contribution in [0.4, 0.5) is 11.5 Å². The molecule has 5 nitrogen and oxygen atoms in total. The van der Waals surface area contributed by atoms with E-state index < -0.39 is 0 Å². The van der Waals surface area contributed by atoms with Crippen molar-refractivity contribution in [3.05, 3.63) is 60.4 Å². The average Bonchev–Trinajstić information content (AvgIpc) is 2.58. The molecule has 2 aromatic carbocycles. The highest BCUT2D eigenvalue weighted by molar-refractivity contribution is 5.76. The molecule has 0 amide bonds. The maximum absolute atomic E-state index is 10.5. The van der Waals surface area contributed by atoms with E-state index >= 15 is 0 Å². The van der Waals surface area contributed by atoms with Crippen molar-refractivity contribution in [3.63, 3.8) is 0 Å². The molecule has 0 atom stereocenters. The zero-order chi connectivity index (χ0) is 16.2. The fourth-order valence-electron chi connectivity index (χ4n) is 2.27. The minimum atomic E-state index is 0.00209. The van der Waals surface area contributed by atoms with Crippen LogP contribution in [-0.4, -0.2) is 22.2 Å². The van der Waals surface area contributed by atoms with E-state index in [4.69, 9.17) is 4.74 Å². The number of aromatic nitrogens is 2. The molecule has 2 N–H and O–H groups in total. The molecule has 0 saturated carbocycles. The van der Waals surface area contributed by atoms with Crippen LogP contribution in [0.2, 0.25) is 0 Å². The molecule has 0 aliphatic rings. The molecule has 5 heteroatoms. The number of hydrogen-bond acceptors (Lipinski definition) is 5. The third-order valence-electron chi connectivity index (χ3n) is 3.51. The Morgan fingerprint density at radius 1 is 1.00 bits per heavy atom. The molecule has 0 aliphatic carbocycles. The lowest BCUT2D eigenvalue weighted by atomic mass is 10.1. The molecule has 1 aromatic heterocycles. The Bertz CT molecular complexity index is 817. The number of anilines is 2. The van der Waals surface area contributed by atoms with Crippen molar-refractivity contribution in [1.29, 1.82) is 0 Å². The molecule has 0 bridgehead atoms. The van der Waals surface area contributed by atoms with Gasteiger partial charge in [-0.15, -0.1) is 0 Å². The van der Waals surface area contributed by atoms with Gasteiger partial charge in [-0.05, 0) is 19.1 Å². The molecular weight excluding hydrogens is 290 g/mol. The van der Waals surface area contributed by atoms with Gasteiger partial charge in [0.25, 0.3) is 0 Å². The normalized spacial score (nSPS) is 10.3. The van der Waals surface area contributed by atoms with Gasteiger partial charge >= 0.3 is 0 Å². The highest BCUT2D eigenvalue weighted by Gasteiger charge is 2.13. The molecule has 0 aliphatic heterocycles. The van der Waals surface area contributed by atoms with E-state index in [1.54, 1.807) is 7.11 Å². The minimum Gasteiger partial charge on any atom is -0.503 e. The lowest BCUT2D eigenvalue weighted by Gasteiger charge is -2.12. The van der Waals surface area contributed by atoms with Gasteiger partial charge in [0.1, 0.15) is 17.8 Å². The van der Waals surface area contributed by atoms with Gasteiger partial charge in [0, 0.05) is 5.56 Å². The Hall–Kier alpha value is -3.08. The Kier molecular flexibility index (Phi) is 4.10. The van der Waals surface area contributed by atoms with E-state index in [2.05, 4.69) is 15.3 Å². The largest absolute Gasteiger partial charge is 0.503 e. The van der Waals surface area contributed by atoms with E-state index in [-0.39, 0.29) is 5.75 Å². The number of aromatic hydroxyl groups is 1. The number of nitrogens with one attached hydrogen (secondary N) is 1. The third kappa shape index (κ3) is 3.08. The van der Waals surface area contributed by atoms with Crippen LogP contribution in [0, 0.1) is 6.92 Å². The van der Waals surface area contributed by atoms with Crippen molar-refractivity contribution in [2.45, 2.75) is 6.92 Å². The second kappa shape index (κ2) is 6.36. The fourth-order valence-corrected chi connectivity index (χ4v) is 2.27. The van der Waals surface area contributed by atoms with E-state index in [1.807, 2.05) is 55.5 Å². The first-order valence-electron chi connectivity index (χ1n) is 7.20. The van der Waals surface area contributed by atoms with E-state index in [9.17, 15) is 5.11 Å². The van der Waals surface area contributed by atoms with Crippen LogP contribution in [0.3, 0.4) is 0 Å². The summed E-state index contributed by atoms with van der Waals surface area (Å²) in [6.45, 7) is 2.01. The van der Waals surface area contributed by atoms with Crippen molar-refractivity contribution in [2.75, 3.05) is 12.4 Å². The summed E-state index contributed by atoms with van der Waals surface area (Å²) in [6.07, 6.45) is 1.42. The molecule has 0 unspecified atom stereocenters. The number of rotatable bonds is 4. The van der Waals surface area contributed by atoms with E-state index in [1.165, 1.54) is 6.33 Å². The summed E-state index contributed by atoms with van der Waals surface area (Å²) in [5.41, 5.74) is 3.18. The maximum Gasteiger partial charge on any atom is 0.185 e. The highest BCUT2D eigenvalue weighted by atomic mass is 16.5. The summed E-state index contributed by atoms with van der Waals surface area (Å²) in [7, 11) is 1.60. The van der Waals surface area contributed by atoms with Gasteiger partial charge in [0.15, 0.2) is 11.6 Å². The summed E-state index contributed by atoms with van der Waals surface area (Å²) in [5.74, 6) is 1.00. The monoisotopic (exact) mass is 307 g/mol. The highest BCUT2D eigenvalue weighted by Crippen LogP contribution is 2.35. The van der Waals surface area contributed by atoms with Crippen LogP contribution in [0.15, 0.2) is 54.9 Å². The number of benzene rings is 2. The van der Waals surface area contributed by atoms with Crippen molar-refractivity contribution in [3.8, 4) is 22.8 Å². The van der Waals surface area contributed by atoms with E-state index in [0.717, 1.165) is 16.8 Å². The molecule has 116 valence electrons.